The molecule has 0 atom stereocenters. The van der Waals surface area contributed by atoms with Gasteiger partial charge in [-0.15, -0.1) is 0 Å². The van der Waals surface area contributed by atoms with Crippen molar-refractivity contribution in [2.24, 2.45) is 0 Å². The standard InChI is InChI=1S/C14H17NO5/c16-8-2-1-3-13(18)15-11-9-10(4-6-12(11)17)5-7-14(19)20/h4,6,8-9,17H,1-3,5,7H2,(H,15,18)(H,19,20). The van der Waals surface area contributed by atoms with Crippen molar-refractivity contribution in [3.63, 3.8) is 0 Å². The molecule has 0 aromatic heterocycles. The molecule has 1 amide bonds. The van der Waals surface area contributed by atoms with Crippen LogP contribution < -0.4 is 5.32 Å². The number of phenolic OH excluding ortho intramolecular Hbond substituents is 1. The van der Waals surface area contributed by atoms with Gasteiger partial charge in [-0.2, -0.15) is 0 Å². The van der Waals surface area contributed by atoms with Crippen LogP contribution in [0.1, 0.15) is 31.2 Å². The normalized spacial score (nSPS) is 10.0. The smallest absolute Gasteiger partial charge is 0.303 e. The van der Waals surface area contributed by atoms with Gasteiger partial charge in [-0.1, -0.05) is 6.07 Å². The topological polar surface area (TPSA) is 104 Å². The van der Waals surface area contributed by atoms with Crippen LogP contribution in [0.3, 0.4) is 0 Å². The molecule has 0 aliphatic rings. The Morgan fingerprint density at radius 2 is 2.00 bits per heavy atom. The molecule has 1 aromatic carbocycles. The number of hydrogen-bond acceptors (Lipinski definition) is 4. The number of hydrogen-bond donors (Lipinski definition) is 3. The number of nitrogens with one attached hydrogen (secondary N) is 1. The van der Waals surface area contributed by atoms with Gasteiger partial charge in [0.2, 0.25) is 5.91 Å². The minimum Gasteiger partial charge on any atom is -0.506 e. The van der Waals surface area contributed by atoms with Gasteiger partial charge in [0.05, 0.1) is 5.69 Å². The van der Waals surface area contributed by atoms with Gasteiger partial charge in [0.25, 0.3) is 0 Å². The van der Waals surface area contributed by atoms with Crippen LogP contribution in [0.25, 0.3) is 0 Å². The third-order valence-electron chi connectivity index (χ3n) is 2.69. The molecule has 0 unspecified atom stereocenters. The lowest BCUT2D eigenvalue weighted by Gasteiger charge is -2.09. The fourth-order valence-corrected chi connectivity index (χ4v) is 1.65. The molecule has 3 N–H and O–H groups in total. The largest absolute Gasteiger partial charge is 0.506 e. The molecule has 0 spiro atoms. The van der Waals surface area contributed by atoms with E-state index in [0.717, 1.165) is 6.29 Å². The highest BCUT2D eigenvalue weighted by atomic mass is 16.4. The molecule has 20 heavy (non-hydrogen) atoms. The molecular weight excluding hydrogens is 262 g/mol. The van der Waals surface area contributed by atoms with Crippen molar-refractivity contribution in [3.8, 4) is 5.75 Å². The summed E-state index contributed by atoms with van der Waals surface area (Å²) in [5.74, 6) is -1.28. The highest BCUT2D eigenvalue weighted by molar-refractivity contribution is 5.92. The zero-order valence-corrected chi connectivity index (χ0v) is 11.0. The highest BCUT2D eigenvalue weighted by Gasteiger charge is 2.08. The van der Waals surface area contributed by atoms with Crippen LogP contribution in [0.4, 0.5) is 5.69 Å². The Labute approximate surface area is 116 Å². The molecule has 0 heterocycles. The van der Waals surface area contributed by atoms with Crippen molar-refractivity contribution in [2.45, 2.75) is 32.1 Å². The van der Waals surface area contributed by atoms with Crippen molar-refractivity contribution in [2.75, 3.05) is 5.32 Å². The van der Waals surface area contributed by atoms with Crippen molar-refractivity contribution >= 4 is 23.9 Å². The SMILES string of the molecule is O=CCCCC(=O)Nc1cc(CCC(=O)O)ccc1O. The number of benzene rings is 1. The maximum atomic E-state index is 11.6. The summed E-state index contributed by atoms with van der Waals surface area (Å²) < 4.78 is 0. The third-order valence-corrected chi connectivity index (χ3v) is 2.69. The Bertz CT molecular complexity index is 498. The zero-order valence-electron chi connectivity index (χ0n) is 11.0. The van der Waals surface area contributed by atoms with E-state index in [4.69, 9.17) is 5.11 Å². The molecule has 0 bridgehead atoms. The molecule has 0 radical (unpaired) electrons. The second kappa shape index (κ2) is 7.93. The van der Waals surface area contributed by atoms with Crippen molar-refractivity contribution < 1.29 is 24.6 Å². The lowest BCUT2D eigenvalue weighted by atomic mass is 10.1. The molecule has 0 saturated heterocycles. The van der Waals surface area contributed by atoms with Gasteiger partial charge in [-0.3, -0.25) is 9.59 Å². The molecular formula is C14H17NO5. The fourth-order valence-electron chi connectivity index (χ4n) is 1.65. The van der Waals surface area contributed by atoms with E-state index in [-0.39, 0.29) is 30.2 Å². The average Bonchev–Trinajstić information content (AvgIpc) is 2.40. The molecule has 108 valence electrons. The van der Waals surface area contributed by atoms with Gasteiger partial charge in [0.1, 0.15) is 12.0 Å². The second-order valence-electron chi connectivity index (χ2n) is 4.35. The molecule has 6 heteroatoms. The van der Waals surface area contributed by atoms with E-state index in [9.17, 15) is 19.5 Å². The number of carbonyl (C=O) groups is 3. The highest BCUT2D eigenvalue weighted by Crippen LogP contribution is 2.25. The van der Waals surface area contributed by atoms with E-state index in [1.165, 1.54) is 6.07 Å². The average molecular weight is 279 g/mol. The predicted molar refractivity (Wildman–Crippen MR) is 72.6 cm³/mol. The number of carboxylic acids is 1. The van der Waals surface area contributed by atoms with E-state index < -0.39 is 5.97 Å². The summed E-state index contributed by atoms with van der Waals surface area (Å²) in [6.45, 7) is 0. The van der Waals surface area contributed by atoms with Crippen molar-refractivity contribution in [3.05, 3.63) is 23.8 Å². The number of phenols is 1. The molecule has 0 saturated carbocycles. The Balaban J connectivity index is 2.63. The van der Waals surface area contributed by atoms with E-state index >= 15 is 0 Å². The van der Waals surface area contributed by atoms with E-state index in [1.807, 2.05) is 0 Å². The fraction of sp³-hybridized carbons (Fsp3) is 0.357. The molecule has 0 fully saturated rings. The Kier molecular flexibility index (Phi) is 6.22. The number of rotatable bonds is 8. The number of aryl methyl sites for hydroxylation is 1. The summed E-state index contributed by atoms with van der Waals surface area (Å²) in [6.07, 6.45) is 2.02. The van der Waals surface area contributed by atoms with Crippen LogP contribution >= 0.6 is 0 Å². The van der Waals surface area contributed by atoms with Crippen LogP contribution in [0.2, 0.25) is 0 Å². The van der Waals surface area contributed by atoms with Gasteiger partial charge in [-0.25, -0.2) is 0 Å². The summed E-state index contributed by atoms with van der Waals surface area (Å²) >= 11 is 0. The number of unbranched alkanes of at least 4 members (excludes halogenated alkanes) is 1. The lowest BCUT2D eigenvalue weighted by Crippen LogP contribution is -2.11. The van der Waals surface area contributed by atoms with Gasteiger partial charge in [0, 0.05) is 19.3 Å². The van der Waals surface area contributed by atoms with Crippen LogP contribution in [0.5, 0.6) is 5.75 Å². The monoisotopic (exact) mass is 279 g/mol. The first kappa shape index (κ1) is 15.7. The first-order valence-electron chi connectivity index (χ1n) is 6.30. The number of aliphatic carboxylic acids is 1. The number of amides is 1. The maximum Gasteiger partial charge on any atom is 0.303 e. The summed E-state index contributed by atoms with van der Waals surface area (Å²) in [5.41, 5.74) is 0.970. The van der Waals surface area contributed by atoms with Crippen LogP contribution in [-0.4, -0.2) is 28.4 Å². The first-order valence-corrected chi connectivity index (χ1v) is 6.30. The Hall–Kier alpha value is -2.37. The molecule has 1 rings (SSSR count). The van der Waals surface area contributed by atoms with Gasteiger partial charge < -0.3 is 20.3 Å². The summed E-state index contributed by atoms with van der Waals surface area (Å²) in [7, 11) is 0. The summed E-state index contributed by atoms with van der Waals surface area (Å²) in [5, 5.41) is 20.8. The van der Waals surface area contributed by atoms with E-state index in [1.54, 1.807) is 12.1 Å². The van der Waals surface area contributed by atoms with Crippen molar-refractivity contribution in [1.82, 2.24) is 0 Å². The lowest BCUT2D eigenvalue weighted by molar-refractivity contribution is -0.137. The second-order valence-corrected chi connectivity index (χ2v) is 4.35. The molecule has 0 aliphatic heterocycles. The minimum atomic E-state index is -0.905. The number of aromatic hydroxyl groups is 1. The number of carboxylic acid groups (broad SMARTS) is 1. The van der Waals surface area contributed by atoms with Gasteiger partial charge >= 0.3 is 5.97 Å². The zero-order chi connectivity index (χ0) is 15.0. The number of anilines is 1. The van der Waals surface area contributed by atoms with E-state index in [0.29, 0.717) is 24.8 Å². The van der Waals surface area contributed by atoms with Crippen LogP contribution in [-0.2, 0) is 20.8 Å². The minimum absolute atomic E-state index is 0.0164. The Morgan fingerprint density at radius 1 is 1.25 bits per heavy atom. The van der Waals surface area contributed by atoms with Crippen LogP contribution in [0, 0.1) is 0 Å². The third kappa shape index (κ3) is 5.51. The first-order chi connectivity index (χ1) is 9.52. The number of carbonyl (C=O) groups excluding carboxylic acids is 2. The number of aldehydes is 1. The van der Waals surface area contributed by atoms with E-state index in [2.05, 4.69) is 5.32 Å². The maximum absolute atomic E-state index is 11.6. The Morgan fingerprint density at radius 3 is 2.65 bits per heavy atom. The molecule has 1 aromatic rings. The van der Waals surface area contributed by atoms with Gasteiger partial charge in [0.15, 0.2) is 0 Å². The predicted octanol–water partition coefficient (Wildman–Crippen LogP) is 1.72. The quantitative estimate of drug-likeness (QED) is 0.382. The summed E-state index contributed by atoms with van der Waals surface area (Å²) in [4.78, 5) is 32.2. The summed E-state index contributed by atoms with van der Waals surface area (Å²) in [6, 6.07) is 4.58. The van der Waals surface area contributed by atoms with Crippen molar-refractivity contribution in [1.29, 1.82) is 0 Å². The molecule has 6 nitrogen and oxygen atoms in total. The van der Waals surface area contributed by atoms with Gasteiger partial charge in [-0.05, 0) is 30.5 Å². The molecule has 0 aliphatic carbocycles. The van der Waals surface area contributed by atoms with Crippen LogP contribution in [0.15, 0.2) is 18.2 Å².